The summed E-state index contributed by atoms with van der Waals surface area (Å²) in [5, 5.41) is 0. The Balaban J connectivity index is 1.57. The molecule has 0 aromatic heterocycles. The molecule has 24 heavy (non-hydrogen) atoms. The first-order chi connectivity index (χ1) is 11.7. The van der Waals surface area contributed by atoms with Gasteiger partial charge in [-0.25, -0.2) is 4.79 Å². The van der Waals surface area contributed by atoms with Crippen molar-refractivity contribution in [3.05, 3.63) is 54.1 Å². The van der Waals surface area contributed by atoms with Crippen molar-refractivity contribution in [1.82, 2.24) is 0 Å². The molecule has 0 radical (unpaired) electrons. The summed E-state index contributed by atoms with van der Waals surface area (Å²) in [6.07, 6.45) is -0.637. The highest BCUT2D eigenvalue weighted by Crippen LogP contribution is 2.24. The molecule has 1 heterocycles. The van der Waals surface area contributed by atoms with E-state index in [-0.39, 0.29) is 12.2 Å². The Morgan fingerprint density at radius 2 is 1.67 bits per heavy atom. The summed E-state index contributed by atoms with van der Waals surface area (Å²) in [6.45, 7) is 5.38. The maximum atomic E-state index is 12.1. The fourth-order valence-corrected chi connectivity index (χ4v) is 2.53. The van der Waals surface area contributed by atoms with Gasteiger partial charge >= 0.3 is 6.09 Å². The minimum atomic E-state index is -0.350. The molecule has 1 saturated heterocycles. The van der Waals surface area contributed by atoms with Crippen LogP contribution in [0.3, 0.4) is 0 Å². The zero-order valence-corrected chi connectivity index (χ0v) is 13.9. The van der Waals surface area contributed by atoms with E-state index in [1.165, 1.54) is 5.56 Å². The van der Waals surface area contributed by atoms with E-state index in [0.717, 1.165) is 17.2 Å². The zero-order chi connectivity index (χ0) is 16.9. The molecule has 126 valence electrons. The summed E-state index contributed by atoms with van der Waals surface area (Å²) in [4.78, 5) is 13.7. The van der Waals surface area contributed by atoms with Crippen molar-refractivity contribution in [1.29, 1.82) is 0 Å². The van der Waals surface area contributed by atoms with Crippen LogP contribution >= 0.6 is 0 Å². The summed E-state index contributed by atoms with van der Waals surface area (Å²) in [7, 11) is 0. The topological polar surface area (TPSA) is 48.0 Å². The third-order valence-electron chi connectivity index (χ3n) is 3.79. The third-order valence-corrected chi connectivity index (χ3v) is 3.79. The lowest BCUT2D eigenvalue weighted by molar-refractivity contribution is 0.105. The molecule has 1 unspecified atom stereocenters. The maximum absolute atomic E-state index is 12.1. The number of rotatable bonds is 6. The zero-order valence-electron chi connectivity index (χ0n) is 13.9. The number of ether oxygens (including phenoxy) is 3. The Morgan fingerprint density at radius 3 is 2.33 bits per heavy atom. The number of carbonyl (C=O) groups excluding carboxylic acids is 1. The second-order valence-electron chi connectivity index (χ2n) is 5.67. The molecular weight excluding hydrogens is 306 g/mol. The number of nitrogens with zero attached hydrogens (tertiary/aromatic N) is 1. The largest absolute Gasteiger partial charge is 0.494 e. The van der Waals surface area contributed by atoms with Crippen LogP contribution in [-0.4, -0.2) is 32.0 Å². The summed E-state index contributed by atoms with van der Waals surface area (Å²) < 4.78 is 16.5. The summed E-state index contributed by atoms with van der Waals surface area (Å²) in [5.74, 6) is 1.56. The van der Waals surface area contributed by atoms with Crippen molar-refractivity contribution in [2.75, 3.05) is 24.7 Å². The van der Waals surface area contributed by atoms with Crippen molar-refractivity contribution in [2.45, 2.75) is 20.0 Å². The van der Waals surface area contributed by atoms with Crippen LogP contribution in [0.25, 0.3) is 0 Å². The first-order valence-corrected chi connectivity index (χ1v) is 8.06. The molecule has 1 aliphatic heterocycles. The van der Waals surface area contributed by atoms with Crippen LogP contribution in [-0.2, 0) is 4.74 Å². The lowest BCUT2D eigenvalue weighted by Gasteiger charge is -2.14. The standard InChI is InChI=1S/C19H21NO4/c1-3-22-16-10-6-15(7-11-16)20-12-18(24-19(20)21)13-23-17-8-4-14(2)5-9-17/h4-11,18H,3,12-13H2,1-2H3. The van der Waals surface area contributed by atoms with Gasteiger partial charge in [0.15, 0.2) is 6.10 Å². The van der Waals surface area contributed by atoms with Gasteiger partial charge in [0.1, 0.15) is 18.1 Å². The summed E-state index contributed by atoms with van der Waals surface area (Å²) in [6, 6.07) is 15.2. The second kappa shape index (κ2) is 7.25. The smallest absolute Gasteiger partial charge is 0.414 e. The molecule has 2 aromatic rings. The number of cyclic esters (lactones) is 1. The van der Waals surface area contributed by atoms with Gasteiger partial charge in [0.25, 0.3) is 0 Å². The number of benzene rings is 2. The normalized spacial score (nSPS) is 16.8. The Bertz CT molecular complexity index is 682. The molecule has 1 amide bonds. The van der Waals surface area contributed by atoms with Crippen LogP contribution in [0, 0.1) is 6.92 Å². The SMILES string of the molecule is CCOc1ccc(N2CC(COc3ccc(C)cc3)OC2=O)cc1. The van der Waals surface area contributed by atoms with Gasteiger partial charge in [-0.1, -0.05) is 17.7 Å². The molecular formula is C19H21NO4. The number of anilines is 1. The lowest BCUT2D eigenvalue weighted by atomic mass is 10.2. The molecule has 2 aromatic carbocycles. The molecule has 5 nitrogen and oxygen atoms in total. The molecule has 0 bridgehead atoms. The van der Waals surface area contributed by atoms with Gasteiger partial charge in [-0.3, -0.25) is 4.90 Å². The van der Waals surface area contributed by atoms with Crippen LogP contribution in [0.5, 0.6) is 11.5 Å². The monoisotopic (exact) mass is 327 g/mol. The molecule has 0 spiro atoms. The highest BCUT2D eigenvalue weighted by atomic mass is 16.6. The number of hydrogen-bond acceptors (Lipinski definition) is 4. The minimum absolute atomic E-state index is 0.287. The van der Waals surface area contributed by atoms with E-state index >= 15 is 0 Å². The molecule has 1 atom stereocenters. The van der Waals surface area contributed by atoms with E-state index in [4.69, 9.17) is 14.2 Å². The number of carbonyl (C=O) groups is 1. The molecule has 1 aliphatic rings. The maximum Gasteiger partial charge on any atom is 0.414 e. The fraction of sp³-hybridized carbons (Fsp3) is 0.316. The first kappa shape index (κ1) is 16.2. The quantitative estimate of drug-likeness (QED) is 0.810. The van der Waals surface area contributed by atoms with Crippen molar-refractivity contribution in [3.63, 3.8) is 0 Å². The van der Waals surface area contributed by atoms with Gasteiger partial charge in [0.05, 0.1) is 13.2 Å². The minimum Gasteiger partial charge on any atom is -0.494 e. The number of hydrogen-bond donors (Lipinski definition) is 0. The molecule has 0 aliphatic carbocycles. The molecule has 0 N–H and O–H groups in total. The van der Waals surface area contributed by atoms with Gasteiger partial charge in [-0.15, -0.1) is 0 Å². The van der Waals surface area contributed by atoms with Gasteiger partial charge in [0, 0.05) is 5.69 Å². The van der Waals surface area contributed by atoms with E-state index in [1.807, 2.05) is 62.4 Å². The number of amides is 1. The average molecular weight is 327 g/mol. The molecule has 3 rings (SSSR count). The van der Waals surface area contributed by atoms with Crippen molar-refractivity contribution >= 4 is 11.8 Å². The third kappa shape index (κ3) is 3.79. The highest BCUT2D eigenvalue weighted by Gasteiger charge is 2.32. The van der Waals surface area contributed by atoms with Gasteiger partial charge < -0.3 is 14.2 Å². The van der Waals surface area contributed by atoms with E-state index in [1.54, 1.807) is 4.90 Å². The second-order valence-corrected chi connectivity index (χ2v) is 5.67. The van der Waals surface area contributed by atoms with Crippen molar-refractivity contribution in [2.24, 2.45) is 0 Å². The van der Waals surface area contributed by atoms with Gasteiger partial charge in [-0.05, 0) is 50.2 Å². The molecule has 0 saturated carbocycles. The van der Waals surface area contributed by atoms with Crippen LogP contribution in [0.1, 0.15) is 12.5 Å². The Labute approximate surface area is 141 Å². The van der Waals surface area contributed by atoms with E-state index in [9.17, 15) is 4.79 Å². The summed E-state index contributed by atoms with van der Waals surface area (Å²) in [5.41, 5.74) is 1.97. The summed E-state index contributed by atoms with van der Waals surface area (Å²) >= 11 is 0. The molecule has 1 fully saturated rings. The van der Waals surface area contributed by atoms with E-state index in [0.29, 0.717) is 19.8 Å². The predicted octanol–water partition coefficient (Wildman–Crippen LogP) is 3.80. The first-order valence-electron chi connectivity index (χ1n) is 8.06. The van der Waals surface area contributed by atoms with Gasteiger partial charge in [0.2, 0.25) is 0 Å². The van der Waals surface area contributed by atoms with Crippen LogP contribution < -0.4 is 14.4 Å². The van der Waals surface area contributed by atoms with Crippen LogP contribution in [0.2, 0.25) is 0 Å². The average Bonchev–Trinajstić information content (AvgIpc) is 2.96. The van der Waals surface area contributed by atoms with Crippen molar-refractivity contribution in [3.8, 4) is 11.5 Å². The van der Waals surface area contributed by atoms with Crippen molar-refractivity contribution < 1.29 is 19.0 Å². The van der Waals surface area contributed by atoms with Crippen LogP contribution in [0.4, 0.5) is 10.5 Å². The van der Waals surface area contributed by atoms with E-state index in [2.05, 4.69) is 0 Å². The van der Waals surface area contributed by atoms with E-state index < -0.39 is 0 Å². The fourth-order valence-electron chi connectivity index (χ4n) is 2.53. The lowest BCUT2D eigenvalue weighted by Crippen LogP contribution is -2.26. The Hall–Kier alpha value is -2.69. The van der Waals surface area contributed by atoms with Crippen LogP contribution in [0.15, 0.2) is 48.5 Å². The Kier molecular flexibility index (Phi) is 4.89. The molecule has 5 heteroatoms. The predicted molar refractivity (Wildman–Crippen MR) is 91.9 cm³/mol. The highest BCUT2D eigenvalue weighted by molar-refractivity contribution is 5.89. The Morgan fingerprint density at radius 1 is 1.04 bits per heavy atom. The number of aryl methyl sites for hydroxylation is 1. The van der Waals surface area contributed by atoms with Gasteiger partial charge in [-0.2, -0.15) is 0 Å².